The molecule has 0 aliphatic heterocycles. The number of rotatable bonds is 7. The van der Waals surface area contributed by atoms with Gasteiger partial charge in [-0.15, -0.1) is 10.2 Å². The highest BCUT2D eigenvalue weighted by atomic mass is 32.2. The summed E-state index contributed by atoms with van der Waals surface area (Å²) in [7, 11) is 1.82. The van der Waals surface area contributed by atoms with E-state index in [4.69, 9.17) is 0 Å². The molecule has 2 atom stereocenters. The lowest BCUT2D eigenvalue weighted by atomic mass is 9.86. The molecule has 1 aliphatic carbocycles. The number of amides is 2. The third-order valence-corrected chi connectivity index (χ3v) is 6.84. The Morgan fingerprint density at radius 2 is 1.90 bits per heavy atom. The molecular formula is C22H31N5O2S. The Morgan fingerprint density at radius 1 is 1.13 bits per heavy atom. The van der Waals surface area contributed by atoms with Gasteiger partial charge in [-0.3, -0.25) is 9.59 Å². The van der Waals surface area contributed by atoms with Crippen molar-refractivity contribution in [3.05, 3.63) is 35.2 Å². The second kappa shape index (κ2) is 10.1. The standard InChI is InChI=1S/C22H31N5O2S/c1-14-9-10-17(11-16(14)3)23-20(28)12-19-25-26-22(27(19)4)30-13-21(29)24-18-8-6-5-7-15(18)2/h9-11,15,18H,5-8,12-13H2,1-4H3,(H,23,28)(H,24,29)/t15-,18-/m1/s1. The number of thioether (sulfide) groups is 1. The van der Waals surface area contributed by atoms with Crippen molar-refractivity contribution in [1.82, 2.24) is 20.1 Å². The normalized spacial score (nSPS) is 18.8. The minimum absolute atomic E-state index is 0.0239. The lowest BCUT2D eigenvalue weighted by molar-refractivity contribution is -0.120. The van der Waals surface area contributed by atoms with E-state index in [1.165, 1.54) is 36.6 Å². The van der Waals surface area contributed by atoms with Gasteiger partial charge < -0.3 is 15.2 Å². The molecule has 3 rings (SSSR count). The third kappa shape index (κ3) is 5.84. The van der Waals surface area contributed by atoms with Gasteiger partial charge >= 0.3 is 0 Å². The maximum atomic E-state index is 12.4. The minimum Gasteiger partial charge on any atom is -0.352 e. The number of carbonyl (C=O) groups is 2. The lowest BCUT2D eigenvalue weighted by Crippen LogP contribution is -2.41. The smallest absolute Gasteiger partial charge is 0.232 e. The van der Waals surface area contributed by atoms with E-state index in [-0.39, 0.29) is 24.3 Å². The molecule has 1 heterocycles. The molecule has 1 saturated carbocycles. The van der Waals surface area contributed by atoms with Gasteiger partial charge in [0, 0.05) is 18.8 Å². The Kier molecular flexibility index (Phi) is 7.53. The number of nitrogens with zero attached hydrogens (tertiary/aromatic N) is 3. The Morgan fingerprint density at radius 3 is 2.63 bits per heavy atom. The number of nitrogens with one attached hydrogen (secondary N) is 2. The average molecular weight is 430 g/mol. The first-order chi connectivity index (χ1) is 14.3. The van der Waals surface area contributed by atoms with Crippen molar-refractivity contribution < 1.29 is 9.59 Å². The van der Waals surface area contributed by atoms with Crippen LogP contribution in [0, 0.1) is 19.8 Å². The van der Waals surface area contributed by atoms with Crippen molar-refractivity contribution in [3.8, 4) is 0 Å². The van der Waals surface area contributed by atoms with E-state index >= 15 is 0 Å². The van der Waals surface area contributed by atoms with Crippen LogP contribution in [-0.4, -0.2) is 38.4 Å². The van der Waals surface area contributed by atoms with Crippen LogP contribution in [0.5, 0.6) is 0 Å². The first-order valence-electron chi connectivity index (χ1n) is 10.5. The van der Waals surface area contributed by atoms with E-state index in [1.54, 1.807) is 4.57 Å². The van der Waals surface area contributed by atoms with Crippen LogP contribution in [0.1, 0.15) is 49.6 Å². The minimum atomic E-state index is -0.144. The van der Waals surface area contributed by atoms with Crippen LogP contribution < -0.4 is 10.6 Å². The SMILES string of the molecule is Cc1ccc(NC(=O)Cc2nnc(SCC(=O)N[C@@H]3CCCC[C@H]3C)n2C)cc1C. The monoisotopic (exact) mass is 429 g/mol. The molecule has 162 valence electrons. The molecule has 2 N–H and O–H groups in total. The molecule has 2 aromatic rings. The second-order valence-corrected chi connectivity index (χ2v) is 9.15. The number of anilines is 1. The highest BCUT2D eigenvalue weighted by Gasteiger charge is 2.23. The van der Waals surface area contributed by atoms with E-state index < -0.39 is 0 Å². The zero-order chi connectivity index (χ0) is 21.7. The molecular weight excluding hydrogens is 398 g/mol. The summed E-state index contributed by atoms with van der Waals surface area (Å²) in [6, 6.07) is 6.11. The molecule has 30 heavy (non-hydrogen) atoms. The predicted octanol–water partition coefficient (Wildman–Crippen LogP) is 3.40. The fraction of sp³-hybridized carbons (Fsp3) is 0.545. The summed E-state index contributed by atoms with van der Waals surface area (Å²) < 4.78 is 1.78. The van der Waals surface area contributed by atoms with Gasteiger partial charge in [-0.2, -0.15) is 0 Å². The van der Waals surface area contributed by atoms with Gasteiger partial charge in [-0.25, -0.2) is 0 Å². The average Bonchev–Trinajstić information content (AvgIpc) is 3.04. The molecule has 7 nitrogen and oxygen atoms in total. The van der Waals surface area contributed by atoms with Gasteiger partial charge in [0.2, 0.25) is 11.8 Å². The first kappa shape index (κ1) is 22.3. The molecule has 0 bridgehead atoms. The molecule has 0 saturated heterocycles. The summed E-state index contributed by atoms with van der Waals surface area (Å²) in [4.78, 5) is 24.7. The molecule has 0 spiro atoms. The highest BCUT2D eigenvalue weighted by Crippen LogP contribution is 2.24. The van der Waals surface area contributed by atoms with Crippen LogP contribution in [0.25, 0.3) is 0 Å². The van der Waals surface area contributed by atoms with Crippen molar-refractivity contribution in [1.29, 1.82) is 0 Å². The molecule has 1 aromatic heterocycles. The fourth-order valence-electron chi connectivity index (χ4n) is 3.70. The Balaban J connectivity index is 1.50. The van der Waals surface area contributed by atoms with Gasteiger partial charge in [0.25, 0.3) is 0 Å². The van der Waals surface area contributed by atoms with Crippen LogP contribution in [0.15, 0.2) is 23.4 Å². The van der Waals surface area contributed by atoms with Crippen LogP contribution in [-0.2, 0) is 23.1 Å². The van der Waals surface area contributed by atoms with E-state index in [9.17, 15) is 9.59 Å². The fourth-order valence-corrected chi connectivity index (χ4v) is 4.44. The van der Waals surface area contributed by atoms with Crippen LogP contribution in [0.2, 0.25) is 0 Å². The summed E-state index contributed by atoms with van der Waals surface area (Å²) in [6.45, 7) is 6.26. The Bertz CT molecular complexity index is 911. The zero-order valence-corrected chi connectivity index (χ0v) is 19.0. The predicted molar refractivity (Wildman–Crippen MR) is 120 cm³/mol. The van der Waals surface area contributed by atoms with Gasteiger partial charge in [0.05, 0.1) is 12.2 Å². The van der Waals surface area contributed by atoms with Crippen molar-refractivity contribution in [2.45, 2.75) is 64.1 Å². The topological polar surface area (TPSA) is 88.9 Å². The van der Waals surface area contributed by atoms with Crippen LogP contribution in [0.3, 0.4) is 0 Å². The van der Waals surface area contributed by atoms with Gasteiger partial charge in [-0.1, -0.05) is 37.6 Å². The maximum absolute atomic E-state index is 12.4. The van der Waals surface area contributed by atoms with E-state index in [0.29, 0.717) is 22.7 Å². The first-order valence-corrected chi connectivity index (χ1v) is 11.5. The van der Waals surface area contributed by atoms with E-state index in [0.717, 1.165) is 17.7 Å². The molecule has 2 amide bonds. The van der Waals surface area contributed by atoms with Crippen molar-refractivity contribution >= 4 is 29.3 Å². The van der Waals surface area contributed by atoms with Crippen molar-refractivity contribution in [2.24, 2.45) is 13.0 Å². The highest BCUT2D eigenvalue weighted by molar-refractivity contribution is 7.99. The summed E-state index contributed by atoms with van der Waals surface area (Å²) in [5, 5.41) is 15.0. The molecule has 0 unspecified atom stereocenters. The maximum Gasteiger partial charge on any atom is 0.232 e. The third-order valence-electron chi connectivity index (χ3n) is 5.82. The molecule has 1 aromatic carbocycles. The molecule has 1 fully saturated rings. The number of aryl methyl sites for hydroxylation is 2. The Hall–Kier alpha value is -2.35. The summed E-state index contributed by atoms with van der Waals surface area (Å²) in [5.74, 6) is 1.28. The zero-order valence-electron chi connectivity index (χ0n) is 18.2. The summed E-state index contributed by atoms with van der Waals surface area (Å²) in [6.07, 6.45) is 4.79. The lowest BCUT2D eigenvalue weighted by Gasteiger charge is -2.29. The van der Waals surface area contributed by atoms with Gasteiger partial charge in [-0.05, 0) is 55.9 Å². The quantitative estimate of drug-likeness (QED) is 0.659. The molecule has 1 aliphatic rings. The van der Waals surface area contributed by atoms with Gasteiger partial charge in [0.1, 0.15) is 5.82 Å². The number of carbonyl (C=O) groups excluding carboxylic acids is 2. The Labute approximate surface area is 182 Å². The van der Waals surface area contributed by atoms with Crippen LogP contribution in [0.4, 0.5) is 5.69 Å². The van der Waals surface area contributed by atoms with Crippen molar-refractivity contribution in [2.75, 3.05) is 11.1 Å². The van der Waals surface area contributed by atoms with Gasteiger partial charge in [0.15, 0.2) is 5.16 Å². The second-order valence-electron chi connectivity index (χ2n) is 8.21. The molecule has 8 heteroatoms. The number of benzene rings is 1. The summed E-state index contributed by atoms with van der Waals surface area (Å²) >= 11 is 1.35. The largest absolute Gasteiger partial charge is 0.352 e. The number of hydrogen-bond acceptors (Lipinski definition) is 5. The van der Waals surface area contributed by atoms with E-state index in [1.807, 2.05) is 39.1 Å². The van der Waals surface area contributed by atoms with E-state index in [2.05, 4.69) is 27.8 Å². The van der Waals surface area contributed by atoms with Crippen LogP contribution >= 0.6 is 11.8 Å². The van der Waals surface area contributed by atoms with Crippen molar-refractivity contribution in [3.63, 3.8) is 0 Å². The number of hydrogen-bond donors (Lipinski definition) is 2. The number of aromatic nitrogens is 3. The molecule has 0 radical (unpaired) electrons. The summed E-state index contributed by atoms with van der Waals surface area (Å²) in [5.41, 5.74) is 3.09.